The number of carboxylic acids is 1. The van der Waals surface area contributed by atoms with Crippen molar-refractivity contribution in [1.82, 2.24) is 0 Å². The number of carbonyl (C=O) groups excluding carboxylic acids is 1. The van der Waals surface area contributed by atoms with Crippen LogP contribution in [0.15, 0.2) is 24.3 Å². The zero-order valence-corrected chi connectivity index (χ0v) is 10.4. The second-order valence-corrected chi connectivity index (χ2v) is 6.56. The van der Waals surface area contributed by atoms with Gasteiger partial charge in [0.25, 0.3) is 0 Å². The minimum atomic E-state index is -2.75. The van der Waals surface area contributed by atoms with Gasteiger partial charge in [-0.3, -0.25) is 9.36 Å². The largest absolute Gasteiger partial charge is 0.478 e. The predicted octanol–water partition coefficient (Wildman–Crippen LogP) is 2.12. The number of ketones is 1. The third-order valence-corrected chi connectivity index (χ3v) is 2.72. The molecule has 0 aliphatic rings. The Morgan fingerprint density at radius 1 is 1.24 bits per heavy atom. The SMILES string of the molecule is CP(C)(=O)OCC(=O)c1ccccc1C(=O)O. The molecule has 5 nitrogen and oxygen atoms in total. The van der Waals surface area contributed by atoms with E-state index in [-0.39, 0.29) is 17.7 Å². The van der Waals surface area contributed by atoms with Crippen LogP contribution < -0.4 is 0 Å². The van der Waals surface area contributed by atoms with Crippen molar-refractivity contribution in [2.45, 2.75) is 0 Å². The van der Waals surface area contributed by atoms with Crippen LogP contribution in [0, 0.1) is 0 Å². The lowest BCUT2D eigenvalue weighted by Gasteiger charge is -2.08. The molecule has 17 heavy (non-hydrogen) atoms. The molecule has 0 atom stereocenters. The fourth-order valence-electron chi connectivity index (χ4n) is 1.20. The molecule has 0 spiro atoms. The van der Waals surface area contributed by atoms with Gasteiger partial charge in [-0.2, -0.15) is 0 Å². The molecule has 0 fully saturated rings. The number of hydrogen-bond acceptors (Lipinski definition) is 4. The number of hydrogen-bond donors (Lipinski definition) is 1. The molecule has 0 heterocycles. The van der Waals surface area contributed by atoms with Crippen molar-refractivity contribution in [1.29, 1.82) is 0 Å². The van der Waals surface area contributed by atoms with Gasteiger partial charge in [-0.25, -0.2) is 4.79 Å². The molecule has 0 amide bonds. The zero-order valence-electron chi connectivity index (χ0n) is 9.54. The van der Waals surface area contributed by atoms with Gasteiger partial charge < -0.3 is 9.63 Å². The van der Waals surface area contributed by atoms with E-state index in [2.05, 4.69) is 0 Å². The Labute approximate surface area is 98.9 Å². The molecule has 6 heteroatoms. The van der Waals surface area contributed by atoms with E-state index in [1.54, 1.807) is 6.07 Å². The fourth-order valence-corrected chi connectivity index (χ4v) is 1.63. The van der Waals surface area contributed by atoms with Crippen LogP contribution in [0.25, 0.3) is 0 Å². The van der Waals surface area contributed by atoms with Crippen molar-refractivity contribution < 1.29 is 23.8 Å². The normalized spacial score (nSPS) is 11.2. The van der Waals surface area contributed by atoms with E-state index in [4.69, 9.17) is 9.63 Å². The first-order chi connectivity index (χ1) is 7.81. The van der Waals surface area contributed by atoms with Gasteiger partial charge in [0.1, 0.15) is 6.61 Å². The first kappa shape index (κ1) is 13.6. The molecule has 0 aliphatic heterocycles. The van der Waals surface area contributed by atoms with E-state index >= 15 is 0 Å². The second-order valence-electron chi connectivity index (χ2n) is 3.80. The molecule has 1 aromatic rings. The van der Waals surface area contributed by atoms with Crippen LogP contribution in [0.3, 0.4) is 0 Å². The summed E-state index contributed by atoms with van der Waals surface area (Å²) in [7, 11) is -2.75. The topological polar surface area (TPSA) is 80.7 Å². The summed E-state index contributed by atoms with van der Waals surface area (Å²) in [4.78, 5) is 22.6. The minimum absolute atomic E-state index is 0.0634. The molecule has 0 saturated carbocycles. The predicted molar refractivity (Wildman–Crippen MR) is 63.1 cm³/mol. The lowest BCUT2D eigenvalue weighted by molar-refractivity contribution is 0.0690. The molecule has 0 aromatic heterocycles. The van der Waals surface area contributed by atoms with Crippen molar-refractivity contribution in [3.8, 4) is 0 Å². The Hall–Kier alpha value is -1.45. The van der Waals surface area contributed by atoms with Gasteiger partial charge in [-0.1, -0.05) is 18.2 Å². The van der Waals surface area contributed by atoms with Gasteiger partial charge in [0, 0.05) is 18.9 Å². The van der Waals surface area contributed by atoms with Crippen LogP contribution in [0.2, 0.25) is 0 Å². The molecule has 0 aliphatic carbocycles. The van der Waals surface area contributed by atoms with Crippen LogP contribution in [0.5, 0.6) is 0 Å². The number of Topliss-reactive ketones (excluding diaryl/α,β-unsaturated/α-hetero) is 1. The molecule has 0 saturated heterocycles. The standard InChI is InChI=1S/C11H13O5P/c1-17(2,15)16-7-10(12)8-5-3-4-6-9(8)11(13)14/h3-6H,7H2,1-2H3,(H,13,14). The maximum absolute atomic E-state index is 11.7. The molecule has 1 N–H and O–H groups in total. The quantitative estimate of drug-likeness (QED) is 0.644. The first-order valence-corrected chi connectivity index (χ1v) is 7.38. The van der Waals surface area contributed by atoms with Gasteiger partial charge in [-0.05, 0) is 6.07 Å². The molecular formula is C11H13O5P. The monoisotopic (exact) mass is 256 g/mol. The Kier molecular flexibility index (Phi) is 4.21. The number of benzene rings is 1. The molecule has 0 bridgehead atoms. The highest BCUT2D eigenvalue weighted by Gasteiger charge is 2.18. The summed E-state index contributed by atoms with van der Waals surface area (Å²) in [5.74, 6) is -1.67. The summed E-state index contributed by atoms with van der Waals surface area (Å²) < 4.78 is 16.2. The van der Waals surface area contributed by atoms with Gasteiger partial charge in [-0.15, -0.1) is 0 Å². The van der Waals surface area contributed by atoms with Gasteiger partial charge >= 0.3 is 5.97 Å². The number of aromatic carboxylic acids is 1. The van der Waals surface area contributed by atoms with Crippen LogP contribution >= 0.6 is 7.37 Å². The van der Waals surface area contributed by atoms with E-state index in [1.165, 1.54) is 31.5 Å². The van der Waals surface area contributed by atoms with Crippen molar-refractivity contribution in [2.75, 3.05) is 19.9 Å². The van der Waals surface area contributed by atoms with Crippen molar-refractivity contribution in [3.63, 3.8) is 0 Å². The van der Waals surface area contributed by atoms with Crippen molar-refractivity contribution in [3.05, 3.63) is 35.4 Å². The molecule has 0 radical (unpaired) electrons. The third kappa shape index (κ3) is 4.13. The number of rotatable bonds is 5. The van der Waals surface area contributed by atoms with E-state index in [1.807, 2.05) is 0 Å². The Morgan fingerprint density at radius 2 is 1.76 bits per heavy atom. The maximum Gasteiger partial charge on any atom is 0.336 e. The van der Waals surface area contributed by atoms with E-state index in [9.17, 15) is 14.2 Å². The second kappa shape index (κ2) is 5.25. The lowest BCUT2D eigenvalue weighted by Crippen LogP contribution is -2.13. The highest BCUT2D eigenvalue weighted by molar-refractivity contribution is 7.57. The molecule has 1 rings (SSSR count). The summed E-state index contributed by atoms with van der Waals surface area (Å²) in [6, 6.07) is 5.85. The Morgan fingerprint density at radius 3 is 2.24 bits per heavy atom. The summed E-state index contributed by atoms with van der Waals surface area (Å²) in [5, 5.41) is 8.89. The van der Waals surface area contributed by atoms with E-state index < -0.39 is 19.1 Å². The maximum atomic E-state index is 11.7. The number of carboxylic acid groups (broad SMARTS) is 1. The highest BCUT2D eigenvalue weighted by Crippen LogP contribution is 2.37. The molecular weight excluding hydrogens is 243 g/mol. The van der Waals surface area contributed by atoms with Crippen LogP contribution in [-0.4, -0.2) is 36.8 Å². The first-order valence-electron chi connectivity index (χ1n) is 4.86. The smallest absolute Gasteiger partial charge is 0.336 e. The van der Waals surface area contributed by atoms with Gasteiger partial charge in [0.15, 0.2) is 13.2 Å². The van der Waals surface area contributed by atoms with E-state index in [0.717, 1.165) is 0 Å². The third-order valence-electron chi connectivity index (χ3n) is 1.96. The summed E-state index contributed by atoms with van der Waals surface area (Å²) in [5.41, 5.74) is -0.0170. The highest BCUT2D eigenvalue weighted by atomic mass is 31.2. The molecule has 92 valence electrons. The average Bonchev–Trinajstić information content (AvgIpc) is 2.25. The van der Waals surface area contributed by atoms with Crippen LogP contribution in [-0.2, 0) is 9.09 Å². The van der Waals surface area contributed by atoms with Gasteiger partial charge in [0.05, 0.1) is 5.56 Å². The summed E-state index contributed by atoms with van der Waals surface area (Å²) in [6.07, 6.45) is 0. The fraction of sp³-hybridized carbons (Fsp3) is 0.273. The minimum Gasteiger partial charge on any atom is -0.478 e. The van der Waals surface area contributed by atoms with Gasteiger partial charge in [0.2, 0.25) is 0 Å². The Balaban J connectivity index is 2.90. The summed E-state index contributed by atoms with van der Waals surface area (Å²) in [6.45, 7) is 2.40. The lowest BCUT2D eigenvalue weighted by atomic mass is 10.0. The van der Waals surface area contributed by atoms with E-state index in [0.29, 0.717) is 0 Å². The Bertz CT molecular complexity index is 488. The van der Waals surface area contributed by atoms with Crippen molar-refractivity contribution in [2.24, 2.45) is 0 Å². The average molecular weight is 256 g/mol. The van der Waals surface area contributed by atoms with Crippen LogP contribution in [0.4, 0.5) is 0 Å². The van der Waals surface area contributed by atoms with Crippen LogP contribution in [0.1, 0.15) is 20.7 Å². The summed E-state index contributed by atoms with van der Waals surface area (Å²) >= 11 is 0. The molecule has 0 unspecified atom stereocenters. The van der Waals surface area contributed by atoms with Crippen molar-refractivity contribution >= 4 is 19.1 Å². The zero-order chi connectivity index (χ0) is 13.1. The molecule has 1 aromatic carbocycles. The number of carbonyl (C=O) groups is 2.